The topological polar surface area (TPSA) is 52.6 Å². The Balaban J connectivity index is 2.66. The molecule has 0 aromatic heterocycles. The number of carboxylic acid groups (broad SMARTS) is 1. The normalized spacial score (nSPS) is 10.7. The number of benzene rings is 1. The summed E-state index contributed by atoms with van der Waals surface area (Å²) in [6.45, 7) is 7.75. The van der Waals surface area contributed by atoms with Gasteiger partial charge < -0.3 is 15.3 Å². The van der Waals surface area contributed by atoms with Crippen molar-refractivity contribution < 1.29 is 9.90 Å². The van der Waals surface area contributed by atoms with Gasteiger partial charge in [-0.15, -0.1) is 0 Å². The molecule has 0 heterocycles. The maximum absolute atomic E-state index is 11.0. The third-order valence-corrected chi connectivity index (χ3v) is 3.09. The lowest BCUT2D eigenvalue weighted by Gasteiger charge is -2.19. The molecular formula is C13H19ClN2O2. The number of aromatic carboxylic acids is 1. The fraction of sp³-hybridized carbons (Fsp3) is 0.462. The molecule has 0 amide bonds. The fourth-order valence-corrected chi connectivity index (χ4v) is 1.91. The predicted octanol–water partition coefficient (Wildman–Crippen LogP) is 2.79. The minimum Gasteiger partial charge on any atom is -0.478 e. The van der Waals surface area contributed by atoms with Gasteiger partial charge in [0, 0.05) is 18.1 Å². The lowest BCUT2D eigenvalue weighted by molar-refractivity contribution is 0.0698. The van der Waals surface area contributed by atoms with Gasteiger partial charge in [0.05, 0.1) is 11.3 Å². The highest BCUT2D eigenvalue weighted by Gasteiger charge is 2.10. The molecule has 100 valence electrons. The first-order valence-electron chi connectivity index (χ1n) is 6.07. The number of carbonyl (C=O) groups is 1. The van der Waals surface area contributed by atoms with Gasteiger partial charge in [-0.2, -0.15) is 0 Å². The molecule has 4 nitrogen and oxygen atoms in total. The van der Waals surface area contributed by atoms with Crippen LogP contribution in [0.1, 0.15) is 24.2 Å². The maximum atomic E-state index is 11.0. The summed E-state index contributed by atoms with van der Waals surface area (Å²) < 4.78 is 0. The molecule has 0 saturated heterocycles. The van der Waals surface area contributed by atoms with E-state index in [9.17, 15) is 4.79 Å². The van der Waals surface area contributed by atoms with E-state index in [1.807, 2.05) is 0 Å². The van der Waals surface area contributed by atoms with Gasteiger partial charge in [0.2, 0.25) is 0 Å². The summed E-state index contributed by atoms with van der Waals surface area (Å²) in [5, 5.41) is 12.7. The standard InChI is InChI=1S/C13H19ClN2O2/c1-3-16(4-2)8-7-15-12-9-10(14)5-6-11(12)13(17)18/h5-6,9,15H,3-4,7-8H2,1-2H3,(H,17,18). The molecule has 0 bridgehead atoms. The summed E-state index contributed by atoms with van der Waals surface area (Å²) in [5.74, 6) is -0.947. The number of likely N-dealkylation sites (N-methyl/N-ethyl adjacent to an activating group) is 1. The van der Waals surface area contributed by atoms with Crippen LogP contribution in [0.25, 0.3) is 0 Å². The molecule has 0 radical (unpaired) electrons. The maximum Gasteiger partial charge on any atom is 0.337 e. The Hall–Kier alpha value is -1.26. The fourth-order valence-electron chi connectivity index (χ4n) is 1.74. The van der Waals surface area contributed by atoms with Crippen LogP contribution in [0.4, 0.5) is 5.69 Å². The number of carboxylic acids is 1. The molecule has 0 atom stereocenters. The predicted molar refractivity (Wildman–Crippen MR) is 74.7 cm³/mol. The van der Waals surface area contributed by atoms with E-state index in [-0.39, 0.29) is 5.56 Å². The number of hydrogen-bond acceptors (Lipinski definition) is 3. The number of rotatable bonds is 7. The summed E-state index contributed by atoms with van der Waals surface area (Å²) in [4.78, 5) is 13.3. The van der Waals surface area contributed by atoms with Crippen LogP contribution < -0.4 is 5.32 Å². The molecule has 0 unspecified atom stereocenters. The first-order valence-corrected chi connectivity index (χ1v) is 6.45. The van der Waals surface area contributed by atoms with Crippen LogP contribution in [0.2, 0.25) is 5.02 Å². The van der Waals surface area contributed by atoms with Crippen LogP contribution in [-0.4, -0.2) is 42.2 Å². The quantitative estimate of drug-likeness (QED) is 0.800. The Bertz CT molecular complexity index is 406. The largest absolute Gasteiger partial charge is 0.478 e. The van der Waals surface area contributed by atoms with E-state index in [0.717, 1.165) is 19.6 Å². The second-order valence-electron chi connectivity index (χ2n) is 3.95. The zero-order chi connectivity index (χ0) is 13.5. The number of hydrogen-bond donors (Lipinski definition) is 2. The molecule has 2 N–H and O–H groups in total. The summed E-state index contributed by atoms with van der Waals surface area (Å²) in [6, 6.07) is 4.75. The van der Waals surface area contributed by atoms with E-state index >= 15 is 0 Å². The van der Waals surface area contributed by atoms with Crippen LogP contribution in [0, 0.1) is 0 Å². The van der Waals surface area contributed by atoms with Gasteiger partial charge in [0.15, 0.2) is 0 Å². The smallest absolute Gasteiger partial charge is 0.337 e. The van der Waals surface area contributed by atoms with Gasteiger partial charge >= 0.3 is 5.97 Å². The lowest BCUT2D eigenvalue weighted by atomic mass is 10.2. The Morgan fingerprint density at radius 2 is 2.06 bits per heavy atom. The van der Waals surface area contributed by atoms with E-state index < -0.39 is 5.97 Å². The molecule has 0 saturated carbocycles. The van der Waals surface area contributed by atoms with Crippen molar-refractivity contribution in [3.8, 4) is 0 Å². The van der Waals surface area contributed by atoms with Crippen molar-refractivity contribution in [3.05, 3.63) is 28.8 Å². The van der Waals surface area contributed by atoms with E-state index in [2.05, 4.69) is 24.1 Å². The Kier molecular flexibility index (Phi) is 5.95. The molecular weight excluding hydrogens is 252 g/mol. The second kappa shape index (κ2) is 7.24. The van der Waals surface area contributed by atoms with Crippen LogP contribution in [0.5, 0.6) is 0 Å². The number of nitrogens with one attached hydrogen (secondary N) is 1. The van der Waals surface area contributed by atoms with Crippen molar-refractivity contribution in [2.24, 2.45) is 0 Å². The van der Waals surface area contributed by atoms with Gasteiger partial charge in [-0.05, 0) is 31.3 Å². The monoisotopic (exact) mass is 270 g/mol. The summed E-state index contributed by atoms with van der Waals surface area (Å²) in [7, 11) is 0. The molecule has 0 spiro atoms. The number of nitrogens with zero attached hydrogens (tertiary/aromatic N) is 1. The molecule has 5 heteroatoms. The van der Waals surface area contributed by atoms with E-state index in [0.29, 0.717) is 17.3 Å². The van der Waals surface area contributed by atoms with Crippen molar-refractivity contribution in [2.75, 3.05) is 31.5 Å². The van der Waals surface area contributed by atoms with Gasteiger partial charge in [-0.3, -0.25) is 0 Å². The van der Waals surface area contributed by atoms with Crippen molar-refractivity contribution in [1.29, 1.82) is 0 Å². The molecule has 0 aliphatic rings. The van der Waals surface area contributed by atoms with Crippen molar-refractivity contribution in [3.63, 3.8) is 0 Å². The second-order valence-corrected chi connectivity index (χ2v) is 4.39. The number of halogens is 1. The highest BCUT2D eigenvalue weighted by molar-refractivity contribution is 6.31. The molecule has 0 fully saturated rings. The Morgan fingerprint density at radius 1 is 1.39 bits per heavy atom. The molecule has 1 aromatic carbocycles. The molecule has 1 rings (SSSR count). The van der Waals surface area contributed by atoms with Gasteiger partial charge in [0.25, 0.3) is 0 Å². The molecule has 1 aromatic rings. The summed E-state index contributed by atoms with van der Waals surface area (Å²) >= 11 is 5.87. The highest BCUT2D eigenvalue weighted by Crippen LogP contribution is 2.20. The molecule has 0 aliphatic heterocycles. The van der Waals surface area contributed by atoms with E-state index in [4.69, 9.17) is 16.7 Å². The van der Waals surface area contributed by atoms with Crippen LogP contribution in [0.15, 0.2) is 18.2 Å². The third kappa shape index (κ3) is 4.20. The Labute approximate surface area is 113 Å². The van der Waals surface area contributed by atoms with Crippen LogP contribution in [-0.2, 0) is 0 Å². The van der Waals surface area contributed by atoms with E-state index in [1.54, 1.807) is 12.1 Å². The summed E-state index contributed by atoms with van der Waals surface area (Å²) in [5.41, 5.74) is 0.820. The van der Waals surface area contributed by atoms with Crippen LogP contribution >= 0.6 is 11.6 Å². The average molecular weight is 271 g/mol. The minimum absolute atomic E-state index is 0.249. The lowest BCUT2D eigenvalue weighted by Crippen LogP contribution is -2.28. The minimum atomic E-state index is -0.947. The summed E-state index contributed by atoms with van der Waals surface area (Å²) in [6.07, 6.45) is 0. The third-order valence-electron chi connectivity index (χ3n) is 2.85. The number of anilines is 1. The molecule has 18 heavy (non-hydrogen) atoms. The van der Waals surface area contributed by atoms with Gasteiger partial charge in [-0.25, -0.2) is 4.79 Å². The zero-order valence-electron chi connectivity index (χ0n) is 10.7. The first-order chi connectivity index (χ1) is 8.58. The van der Waals surface area contributed by atoms with Crippen molar-refractivity contribution in [2.45, 2.75) is 13.8 Å². The average Bonchev–Trinajstić information content (AvgIpc) is 2.34. The highest BCUT2D eigenvalue weighted by atomic mass is 35.5. The van der Waals surface area contributed by atoms with Crippen molar-refractivity contribution in [1.82, 2.24) is 4.90 Å². The zero-order valence-corrected chi connectivity index (χ0v) is 11.5. The van der Waals surface area contributed by atoms with E-state index in [1.165, 1.54) is 6.07 Å². The van der Waals surface area contributed by atoms with Gasteiger partial charge in [0.1, 0.15) is 0 Å². The first kappa shape index (κ1) is 14.8. The van der Waals surface area contributed by atoms with Gasteiger partial charge in [-0.1, -0.05) is 25.4 Å². The van der Waals surface area contributed by atoms with Crippen LogP contribution in [0.3, 0.4) is 0 Å². The molecule has 0 aliphatic carbocycles. The Morgan fingerprint density at radius 3 is 2.61 bits per heavy atom. The van der Waals surface area contributed by atoms with Crippen molar-refractivity contribution >= 4 is 23.3 Å². The SMILES string of the molecule is CCN(CC)CCNc1cc(Cl)ccc1C(=O)O.